The van der Waals surface area contributed by atoms with E-state index in [-0.39, 0.29) is 12.0 Å². The van der Waals surface area contributed by atoms with Crippen molar-refractivity contribution in [1.82, 2.24) is 10.3 Å². The van der Waals surface area contributed by atoms with Crippen molar-refractivity contribution in [3.05, 3.63) is 23.9 Å². The molecule has 2 saturated heterocycles. The van der Waals surface area contributed by atoms with Crippen LogP contribution >= 0.6 is 0 Å². The summed E-state index contributed by atoms with van der Waals surface area (Å²) in [6, 6.07) is 3.91. The Kier molecular flexibility index (Phi) is 4.67. The summed E-state index contributed by atoms with van der Waals surface area (Å²) < 4.78 is 10.8. The highest BCUT2D eigenvalue weighted by atomic mass is 16.5. The highest BCUT2D eigenvalue weighted by molar-refractivity contribution is 5.81. The lowest BCUT2D eigenvalue weighted by molar-refractivity contribution is -0.130. The van der Waals surface area contributed by atoms with Crippen molar-refractivity contribution in [2.45, 2.75) is 25.5 Å². The number of ether oxygens (including phenoxy) is 2. The maximum atomic E-state index is 12.0. The summed E-state index contributed by atoms with van der Waals surface area (Å²) in [4.78, 5) is 18.7. The minimum Gasteiger partial charge on any atom is -0.378 e. The van der Waals surface area contributed by atoms with Crippen LogP contribution < -0.4 is 10.2 Å². The van der Waals surface area contributed by atoms with Crippen molar-refractivity contribution in [2.24, 2.45) is 0 Å². The number of carbonyl (C=O) groups is 1. The number of hydrogen-bond donors (Lipinski definition) is 1. The Morgan fingerprint density at radius 1 is 1.38 bits per heavy atom. The highest BCUT2D eigenvalue weighted by Gasteiger charge is 2.23. The van der Waals surface area contributed by atoms with E-state index in [4.69, 9.17) is 9.47 Å². The van der Waals surface area contributed by atoms with Gasteiger partial charge in [-0.2, -0.15) is 0 Å². The van der Waals surface area contributed by atoms with Gasteiger partial charge in [0, 0.05) is 38.0 Å². The van der Waals surface area contributed by atoms with E-state index in [0.29, 0.717) is 13.2 Å². The van der Waals surface area contributed by atoms with Gasteiger partial charge in [0.2, 0.25) is 5.91 Å². The zero-order chi connectivity index (χ0) is 14.5. The lowest BCUT2D eigenvalue weighted by Crippen LogP contribution is -2.38. The van der Waals surface area contributed by atoms with Gasteiger partial charge in [-0.05, 0) is 18.9 Å². The molecule has 6 nitrogen and oxygen atoms in total. The second-order valence-electron chi connectivity index (χ2n) is 5.31. The van der Waals surface area contributed by atoms with Gasteiger partial charge >= 0.3 is 0 Å². The van der Waals surface area contributed by atoms with Gasteiger partial charge < -0.3 is 19.7 Å². The van der Waals surface area contributed by atoms with E-state index in [0.717, 1.165) is 50.5 Å². The van der Waals surface area contributed by atoms with Crippen LogP contribution in [0.25, 0.3) is 0 Å². The van der Waals surface area contributed by atoms with Gasteiger partial charge in [0.25, 0.3) is 0 Å². The molecule has 114 valence electrons. The Balaban J connectivity index is 1.63. The second-order valence-corrected chi connectivity index (χ2v) is 5.31. The fourth-order valence-electron chi connectivity index (χ4n) is 2.71. The summed E-state index contributed by atoms with van der Waals surface area (Å²) in [6.07, 6.45) is 3.28. The summed E-state index contributed by atoms with van der Waals surface area (Å²) in [6.45, 7) is 4.28. The molecule has 1 aromatic rings. The second kappa shape index (κ2) is 6.87. The van der Waals surface area contributed by atoms with Crippen LogP contribution in [0.5, 0.6) is 0 Å². The first-order valence-electron chi connectivity index (χ1n) is 7.50. The Bertz CT molecular complexity index is 483. The summed E-state index contributed by atoms with van der Waals surface area (Å²) >= 11 is 0. The smallest absolute Gasteiger partial charge is 0.249 e. The molecule has 0 aliphatic carbocycles. The molecule has 3 heterocycles. The van der Waals surface area contributed by atoms with Crippen molar-refractivity contribution in [3.63, 3.8) is 0 Å². The van der Waals surface area contributed by atoms with Gasteiger partial charge in [0.05, 0.1) is 13.2 Å². The molecule has 6 heteroatoms. The van der Waals surface area contributed by atoms with Gasteiger partial charge in [-0.3, -0.25) is 4.79 Å². The molecule has 1 N–H and O–H groups in total. The van der Waals surface area contributed by atoms with E-state index >= 15 is 0 Å². The molecular formula is C15H21N3O3. The fourth-order valence-corrected chi connectivity index (χ4v) is 2.71. The van der Waals surface area contributed by atoms with Crippen molar-refractivity contribution in [1.29, 1.82) is 0 Å². The predicted molar refractivity (Wildman–Crippen MR) is 78.1 cm³/mol. The molecule has 1 amide bonds. The normalized spacial score (nSPS) is 22.3. The SMILES string of the molecule is O=C(NCc1cccnc1N1CCOCC1)[C@@H]1CCCO1. The molecule has 2 aliphatic heterocycles. The number of aromatic nitrogens is 1. The Morgan fingerprint density at radius 3 is 3.00 bits per heavy atom. The van der Waals surface area contributed by atoms with Crippen molar-refractivity contribution < 1.29 is 14.3 Å². The van der Waals surface area contributed by atoms with Crippen LogP contribution in [0.1, 0.15) is 18.4 Å². The predicted octanol–water partition coefficient (Wildman–Crippen LogP) is 0.713. The lowest BCUT2D eigenvalue weighted by atomic mass is 10.2. The fraction of sp³-hybridized carbons (Fsp3) is 0.600. The summed E-state index contributed by atoms with van der Waals surface area (Å²) in [5.41, 5.74) is 1.03. The average Bonchev–Trinajstić information content (AvgIpc) is 3.08. The number of hydrogen-bond acceptors (Lipinski definition) is 5. The summed E-state index contributed by atoms with van der Waals surface area (Å²) in [5.74, 6) is 0.915. The molecule has 2 fully saturated rings. The molecule has 21 heavy (non-hydrogen) atoms. The average molecular weight is 291 g/mol. The van der Waals surface area contributed by atoms with E-state index in [2.05, 4.69) is 15.2 Å². The summed E-state index contributed by atoms with van der Waals surface area (Å²) in [5, 5.41) is 2.96. The standard InChI is InChI=1S/C15H21N3O3/c19-15(13-4-2-8-21-13)17-11-12-3-1-5-16-14(12)18-6-9-20-10-7-18/h1,3,5,13H,2,4,6-11H2,(H,17,19)/t13-/m0/s1. The summed E-state index contributed by atoms with van der Waals surface area (Å²) in [7, 11) is 0. The number of carbonyl (C=O) groups excluding carboxylic acids is 1. The van der Waals surface area contributed by atoms with Crippen molar-refractivity contribution in [2.75, 3.05) is 37.8 Å². The van der Waals surface area contributed by atoms with Crippen LogP contribution in [0.15, 0.2) is 18.3 Å². The Labute approximate surface area is 124 Å². The molecule has 0 unspecified atom stereocenters. The first kappa shape index (κ1) is 14.3. The minimum atomic E-state index is -0.284. The molecule has 1 atom stereocenters. The number of anilines is 1. The van der Waals surface area contributed by atoms with Crippen LogP contribution in [0, 0.1) is 0 Å². The van der Waals surface area contributed by atoms with E-state index in [1.54, 1.807) is 6.20 Å². The van der Waals surface area contributed by atoms with Gasteiger partial charge in [0.15, 0.2) is 0 Å². The molecule has 2 aliphatic rings. The molecule has 0 radical (unpaired) electrons. The number of amides is 1. The molecule has 1 aromatic heterocycles. The number of rotatable bonds is 4. The van der Waals surface area contributed by atoms with Crippen LogP contribution in [-0.2, 0) is 20.8 Å². The lowest BCUT2D eigenvalue weighted by Gasteiger charge is -2.29. The zero-order valence-corrected chi connectivity index (χ0v) is 12.1. The van der Waals surface area contributed by atoms with Gasteiger partial charge in [-0.15, -0.1) is 0 Å². The van der Waals surface area contributed by atoms with Gasteiger partial charge in [-0.25, -0.2) is 4.98 Å². The van der Waals surface area contributed by atoms with E-state index < -0.39 is 0 Å². The number of morpholine rings is 1. The van der Waals surface area contributed by atoms with Gasteiger partial charge in [0.1, 0.15) is 11.9 Å². The van der Waals surface area contributed by atoms with Crippen molar-refractivity contribution in [3.8, 4) is 0 Å². The van der Waals surface area contributed by atoms with Crippen LogP contribution in [0.4, 0.5) is 5.82 Å². The minimum absolute atomic E-state index is 0.0238. The number of nitrogens with zero attached hydrogens (tertiary/aromatic N) is 2. The van der Waals surface area contributed by atoms with Gasteiger partial charge in [-0.1, -0.05) is 6.07 Å². The van der Waals surface area contributed by atoms with E-state index in [1.165, 1.54) is 0 Å². The van der Waals surface area contributed by atoms with Crippen LogP contribution in [-0.4, -0.2) is 49.9 Å². The maximum absolute atomic E-state index is 12.0. The molecule has 3 rings (SSSR count). The molecule has 0 bridgehead atoms. The quantitative estimate of drug-likeness (QED) is 0.885. The number of pyridine rings is 1. The molecular weight excluding hydrogens is 270 g/mol. The van der Waals surface area contributed by atoms with Crippen LogP contribution in [0.3, 0.4) is 0 Å². The molecule has 0 saturated carbocycles. The third-order valence-electron chi connectivity index (χ3n) is 3.85. The monoisotopic (exact) mass is 291 g/mol. The zero-order valence-electron chi connectivity index (χ0n) is 12.1. The van der Waals surface area contributed by atoms with Crippen LogP contribution in [0.2, 0.25) is 0 Å². The Hall–Kier alpha value is -1.66. The topological polar surface area (TPSA) is 63.7 Å². The largest absolute Gasteiger partial charge is 0.378 e. The third kappa shape index (κ3) is 3.51. The highest BCUT2D eigenvalue weighted by Crippen LogP contribution is 2.19. The van der Waals surface area contributed by atoms with E-state index in [1.807, 2.05) is 12.1 Å². The van der Waals surface area contributed by atoms with E-state index in [9.17, 15) is 4.79 Å². The third-order valence-corrected chi connectivity index (χ3v) is 3.85. The first-order valence-corrected chi connectivity index (χ1v) is 7.50. The molecule has 0 aromatic carbocycles. The first-order chi connectivity index (χ1) is 10.3. The maximum Gasteiger partial charge on any atom is 0.249 e. The van der Waals surface area contributed by atoms with Crippen molar-refractivity contribution >= 4 is 11.7 Å². The Morgan fingerprint density at radius 2 is 2.24 bits per heavy atom. The number of nitrogens with one attached hydrogen (secondary N) is 1. The molecule has 0 spiro atoms.